The molecule has 0 saturated carbocycles. The molecule has 3 heterocycles. The Bertz CT molecular complexity index is 1130. The van der Waals surface area contributed by atoms with Crippen molar-refractivity contribution in [3.63, 3.8) is 0 Å². The number of amidine groups is 1. The summed E-state index contributed by atoms with van der Waals surface area (Å²) in [5, 5.41) is 8.45. The lowest BCUT2D eigenvalue weighted by Crippen LogP contribution is -2.47. The Hall–Kier alpha value is -3.17. The summed E-state index contributed by atoms with van der Waals surface area (Å²) < 4.78 is 10.3. The number of methoxy groups -OCH3 is 1. The molecule has 2 aliphatic heterocycles. The van der Waals surface area contributed by atoms with Crippen LogP contribution in [-0.2, 0) is 19.1 Å². The second kappa shape index (κ2) is 8.52. The third-order valence-electron chi connectivity index (χ3n) is 4.75. The van der Waals surface area contributed by atoms with E-state index in [2.05, 4.69) is 10.1 Å². The van der Waals surface area contributed by atoms with Crippen LogP contribution in [0.5, 0.6) is 0 Å². The number of fused-ring (bicyclic) bond motifs is 1. The van der Waals surface area contributed by atoms with Gasteiger partial charge in [-0.15, -0.1) is 16.4 Å². The summed E-state index contributed by atoms with van der Waals surface area (Å²) in [5.41, 5.74) is 1.43. The molecule has 10 heteroatoms. The van der Waals surface area contributed by atoms with Gasteiger partial charge in [-0.3, -0.25) is 4.90 Å². The van der Waals surface area contributed by atoms with Crippen molar-refractivity contribution in [1.82, 2.24) is 4.90 Å². The van der Waals surface area contributed by atoms with Gasteiger partial charge in [0.1, 0.15) is 6.04 Å². The molecule has 160 valence electrons. The largest absolute Gasteiger partial charge is 0.466 e. The highest BCUT2D eigenvalue weighted by atomic mass is 35.5. The number of allylic oxidation sites excluding steroid dienone is 1. The van der Waals surface area contributed by atoms with Crippen LogP contribution in [0.4, 0.5) is 5.69 Å². The van der Waals surface area contributed by atoms with Crippen LogP contribution in [-0.4, -0.2) is 42.4 Å². The second-order valence-electron chi connectivity index (χ2n) is 6.63. The number of carbonyl (C=O) groups excluding carboxylic acids is 2. The lowest BCUT2D eigenvalue weighted by atomic mass is 10.00. The molecule has 31 heavy (non-hydrogen) atoms. The van der Waals surface area contributed by atoms with E-state index in [0.29, 0.717) is 27.9 Å². The fourth-order valence-corrected chi connectivity index (χ4v) is 4.47. The van der Waals surface area contributed by atoms with Crippen LogP contribution >= 0.6 is 22.9 Å². The highest BCUT2D eigenvalue weighted by molar-refractivity contribution is 7.10. The lowest BCUT2D eigenvalue weighted by molar-refractivity contribution is -0.138. The number of hydrazone groups is 1. The van der Waals surface area contributed by atoms with E-state index in [1.54, 1.807) is 43.0 Å². The Morgan fingerprint density at radius 2 is 2.03 bits per heavy atom. The van der Waals surface area contributed by atoms with Gasteiger partial charge in [0, 0.05) is 9.90 Å². The molecule has 0 unspecified atom stereocenters. The van der Waals surface area contributed by atoms with E-state index in [0.717, 1.165) is 4.88 Å². The Morgan fingerprint density at radius 3 is 2.68 bits per heavy atom. The van der Waals surface area contributed by atoms with Crippen molar-refractivity contribution < 1.29 is 19.1 Å². The number of hydrogen-bond acceptors (Lipinski definition) is 9. The van der Waals surface area contributed by atoms with Crippen molar-refractivity contribution in [2.45, 2.75) is 19.9 Å². The average Bonchev–Trinajstić information content (AvgIpc) is 3.40. The molecule has 0 saturated heterocycles. The predicted molar refractivity (Wildman–Crippen MR) is 119 cm³/mol. The Balaban J connectivity index is 1.93. The zero-order valence-corrected chi connectivity index (χ0v) is 18.6. The maximum Gasteiger partial charge on any atom is 0.376 e. The smallest absolute Gasteiger partial charge is 0.376 e. The van der Waals surface area contributed by atoms with Gasteiger partial charge in [-0.2, -0.15) is 5.01 Å². The van der Waals surface area contributed by atoms with Crippen molar-refractivity contribution >= 4 is 52.4 Å². The highest BCUT2D eigenvalue weighted by Gasteiger charge is 2.47. The van der Waals surface area contributed by atoms with Crippen LogP contribution in [0.25, 0.3) is 0 Å². The van der Waals surface area contributed by atoms with Crippen LogP contribution in [0.1, 0.15) is 24.8 Å². The molecule has 0 N–H and O–H groups in total. The van der Waals surface area contributed by atoms with Crippen LogP contribution in [0.2, 0.25) is 5.02 Å². The van der Waals surface area contributed by atoms with E-state index < -0.39 is 18.0 Å². The molecule has 0 radical (unpaired) electrons. The fourth-order valence-electron chi connectivity index (χ4n) is 3.46. The molecule has 2 aliphatic rings. The second-order valence-corrected chi connectivity index (χ2v) is 8.04. The van der Waals surface area contributed by atoms with E-state index >= 15 is 0 Å². The maximum atomic E-state index is 12.9. The molecule has 0 spiro atoms. The van der Waals surface area contributed by atoms with Gasteiger partial charge in [-0.25, -0.2) is 14.6 Å². The molecule has 0 fully saturated rings. The predicted octanol–water partition coefficient (Wildman–Crippen LogP) is 3.96. The highest BCUT2D eigenvalue weighted by Crippen LogP contribution is 2.41. The minimum Gasteiger partial charge on any atom is -0.466 e. The molecular formula is C21H19ClN4O4S. The van der Waals surface area contributed by atoms with Crippen molar-refractivity contribution in [3.8, 4) is 0 Å². The standard InChI is InChI=1S/C21H19ClN4O4S/c1-4-30-20(28)18-24-26(14-8-5-7-13(22)11-14)21-23-12(2)16(19(27)29-3)17(25(18)21)15-9-6-10-31-15/h5-11,17H,4H2,1-3H3/t17-/m0/s1. The van der Waals surface area contributed by atoms with E-state index in [-0.39, 0.29) is 12.4 Å². The zero-order chi connectivity index (χ0) is 22.1. The number of guanidine groups is 1. The van der Waals surface area contributed by atoms with Crippen LogP contribution in [0.3, 0.4) is 0 Å². The normalized spacial score (nSPS) is 17.9. The molecule has 1 atom stereocenters. The first kappa shape index (κ1) is 21.1. The van der Waals surface area contributed by atoms with Crippen LogP contribution in [0, 0.1) is 0 Å². The number of aliphatic imine (C=N–C) groups is 1. The third-order valence-corrected chi connectivity index (χ3v) is 5.91. The van der Waals surface area contributed by atoms with Gasteiger partial charge in [0.25, 0.3) is 0 Å². The van der Waals surface area contributed by atoms with E-state index in [9.17, 15) is 9.59 Å². The molecule has 0 amide bonds. The SMILES string of the molecule is CCOC(=O)C1=NN(c2cccc(Cl)c2)C2=NC(C)=C(C(=O)OC)[C@H](c3cccs3)N12. The van der Waals surface area contributed by atoms with Gasteiger partial charge in [0.05, 0.1) is 30.7 Å². The lowest BCUT2D eigenvalue weighted by Gasteiger charge is -2.34. The van der Waals surface area contributed by atoms with Gasteiger partial charge >= 0.3 is 11.9 Å². The minimum absolute atomic E-state index is 0.0212. The number of nitrogens with zero attached hydrogens (tertiary/aromatic N) is 4. The van der Waals surface area contributed by atoms with Crippen molar-refractivity contribution in [2.75, 3.05) is 18.7 Å². The first-order valence-electron chi connectivity index (χ1n) is 9.48. The van der Waals surface area contributed by atoms with Crippen LogP contribution < -0.4 is 5.01 Å². The first-order valence-corrected chi connectivity index (χ1v) is 10.7. The van der Waals surface area contributed by atoms with E-state index in [1.807, 2.05) is 17.5 Å². The summed E-state index contributed by atoms with van der Waals surface area (Å²) in [6.07, 6.45) is 0. The van der Waals surface area contributed by atoms with Gasteiger partial charge in [-0.1, -0.05) is 23.7 Å². The molecule has 0 aliphatic carbocycles. The maximum absolute atomic E-state index is 12.9. The average molecular weight is 459 g/mol. The van der Waals surface area contributed by atoms with Gasteiger partial charge < -0.3 is 9.47 Å². The molecule has 0 bridgehead atoms. The number of rotatable bonds is 5. The monoisotopic (exact) mass is 458 g/mol. The molecule has 8 nitrogen and oxygen atoms in total. The molecule has 1 aromatic heterocycles. The van der Waals surface area contributed by atoms with Crippen molar-refractivity contribution in [2.24, 2.45) is 10.1 Å². The summed E-state index contributed by atoms with van der Waals surface area (Å²) in [4.78, 5) is 32.6. The number of esters is 2. The Kier molecular flexibility index (Phi) is 5.79. The first-order chi connectivity index (χ1) is 15.0. The molecular weight excluding hydrogens is 440 g/mol. The molecule has 4 rings (SSSR count). The van der Waals surface area contributed by atoms with Crippen molar-refractivity contribution in [1.29, 1.82) is 0 Å². The zero-order valence-electron chi connectivity index (χ0n) is 17.0. The Labute approximate surface area is 188 Å². The van der Waals surface area contributed by atoms with Gasteiger partial charge in [0.2, 0.25) is 11.8 Å². The summed E-state index contributed by atoms with van der Waals surface area (Å²) in [6.45, 7) is 3.63. The number of anilines is 1. The minimum atomic E-state index is -0.646. The number of benzene rings is 1. The number of hydrogen-bond donors (Lipinski definition) is 0. The topological polar surface area (TPSA) is 83.8 Å². The number of carbonyl (C=O) groups is 2. The van der Waals surface area contributed by atoms with E-state index in [1.165, 1.54) is 23.5 Å². The number of ether oxygens (including phenoxy) is 2. The number of halogens is 1. The van der Waals surface area contributed by atoms with Gasteiger partial charge in [-0.05, 0) is 43.5 Å². The van der Waals surface area contributed by atoms with Crippen molar-refractivity contribution in [3.05, 3.63) is 62.9 Å². The quantitative estimate of drug-likeness (QED) is 0.630. The van der Waals surface area contributed by atoms with E-state index in [4.69, 9.17) is 21.1 Å². The molecule has 2 aromatic rings. The molecule has 1 aromatic carbocycles. The summed E-state index contributed by atoms with van der Waals surface area (Å²) in [7, 11) is 1.32. The van der Waals surface area contributed by atoms with Gasteiger partial charge in [0.15, 0.2) is 0 Å². The summed E-state index contributed by atoms with van der Waals surface area (Å²) in [5.74, 6) is -0.755. The fraction of sp³-hybridized carbons (Fsp3) is 0.238. The Morgan fingerprint density at radius 1 is 1.23 bits per heavy atom. The number of thiophene rings is 1. The van der Waals surface area contributed by atoms with Crippen LogP contribution in [0.15, 0.2) is 63.1 Å². The summed E-state index contributed by atoms with van der Waals surface area (Å²) >= 11 is 7.63. The third kappa shape index (κ3) is 3.70. The summed E-state index contributed by atoms with van der Waals surface area (Å²) in [6, 6.07) is 10.2.